The number of hydrogen-bond acceptors (Lipinski definition) is 4. The van der Waals surface area contributed by atoms with E-state index in [-0.39, 0.29) is 11.7 Å². The number of carbonyl (C=O) groups excluding carboxylic acids is 1. The van der Waals surface area contributed by atoms with Gasteiger partial charge in [-0.05, 0) is 30.7 Å². The lowest BCUT2D eigenvalue weighted by Crippen LogP contribution is -2.13. The number of nitrogens with zero attached hydrogens (tertiary/aromatic N) is 2. The first-order valence-electron chi connectivity index (χ1n) is 5.03. The fraction of sp³-hybridized carbons (Fsp3) is 0.0833. The Morgan fingerprint density at radius 3 is 2.65 bits per heavy atom. The molecule has 0 spiro atoms. The van der Waals surface area contributed by atoms with Gasteiger partial charge in [0.15, 0.2) is 0 Å². The average molecular weight is 229 g/mol. The predicted octanol–water partition coefficient (Wildman–Crippen LogP) is 1.74. The lowest BCUT2D eigenvalue weighted by Gasteiger charge is -2.07. The van der Waals surface area contributed by atoms with Crippen LogP contribution < -0.4 is 5.32 Å². The smallest absolute Gasteiger partial charge is 0.256 e. The van der Waals surface area contributed by atoms with Gasteiger partial charge in [-0.15, -0.1) is 0 Å². The molecule has 0 aliphatic heterocycles. The Bertz CT molecular complexity index is 541. The molecule has 0 saturated heterocycles. The van der Waals surface area contributed by atoms with Crippen molar-refractivity contribution in [3.63, 3.8) is 0 Å². The normalized spacial score (nSPS) is 9.94. The topological polar surface area (TPSA) is 75.1 Å². The van der Waals surface area contributed by atoms with Crippen LogP contribution in [0.15, 0.2) is 36.9 Å². The molecule has 2 rings (SSSR count). The van der Waals surface area contributed by atoms with Crippen LogP contribution in [0.1, 0.15) is 15.9 Å². The van der Waals surface area contributed by atoms with Crippen molar-refractivity contribution in [3.8, 4) is 5.75 Å². The van der Waals surface area contributed by atoms with E-state index in [1.54, 1.807) is 13.0 Å². The molecule has 1 aromatic carbocycles. The van der Waals surface area contributed by atoms with Crippen molar-refractivity contribution in [2.75, 3.05) is 5.32 Å². The molecule has 0 unspecified atom stereocenters. The SMILES string of the molecule is Cc1cc(O)ccc1C(=O)Nc1cncnc1. The van der Waals surface area contributed by atoms with E-state index in [4.69, 9.17) is 0 Å². The van der Waals surface area contributed by atoms with Crippen LogP contribution in [0.2, 0.25) is 0 Å². The number of benzene rings is 1. The molecule has 0 atom stereocenters. The Kier molecular flexibility index (Phi) is 3.00. The van der Waals surface area contributed by atoms with E-state index in [1.807, 2.05) is 0 Å². The first kappa shape index (κ1) is 11.1. The number of amides is 1. The summed E-state index contributed by atoms with van der Waals surface area (Å²) in [6, 6.07) is 4.59. The highest BCUT2D eigenvalue weighted by Crippen LogP contribution is 2.16. The summed E-state index contributed by atoms with van der Waals surface area (Å²) in [7, 11) is 0. The largest absolute Gasteiger partial charge is 0.508 e. The van der Waals surface area contributed by atoms with E-state index in [1.165, 1.54) is 30.9 Å². The Labute approximate surface area is 98.2 Å². The zero-order valence-electron chi connectivity index (χ0n) is 9.21. The molecule has 0 fully saturated rings. The van der Waals surface area contributed by atoms with Crippen LogP contribution >= 0.6 is 0 Å². The first-order valence-corrected chi connectivity index (χ1v) is 5.03. The number of phenolic OH excluding ortho intramolecular Hbond substituents is 1. The molecular weight excluding hydrogens is 218 g/mol. The molecule has 1 aromatic heterocycles. The standard InChI is InChI=1S/C12H11N3O2/c1-8-4-10(16)2-3-11(8)12(17)15-9-5-13-7-14-6-9/h2-7,16H,1H3,(H,15,17). The molecule has 1 heterocycles. The Hall–Kier alpha value is -2.43. The molecule has 5 nitrogen and oxygen atoms in total. The Balaban J connectivity index is 2.21. The van der Waals surface area contributed by atoms with E-state index in [2.05, 4.69) is 15.3 Å². The van der Waals surface area contributed by atoms with Crippen LogP contribution in [0.3, 0.4) is 0 Å². The van der Waals surface area contributed by atoms with Gasteiger partial charge >= 0.3 is 0 Å². The number of phenols is 1. The van der Waals surface area contributed by atoms with Gasteiger partial charge in [-0.1, -0.05) is 0 Å². The summed E-state index contributed by atoms with van der Waals surface area (Å²) < 4.78 is 0. The molecule has 0 saturated carbocycles. The van der Waals surface area contributed by atoms with Crippen molar-refractivity contribution in [3.05, 3.63) is 48.0 Å². The highest BCUT2D eigenvalue weighted by atomic mass is 16.3. The molecule has 0 aliphatic carbocycles. The lowest BCUT2D eigenvalue weighted by atomic mass is 10.1. The highest BCUT2D eigenvalue weighted by Gasteiger charge is 2.09. The van der Waals surface area contributed by atoms with E-state index in [9.17, 15) is 9.90 Å². The Morgan fingerprint density at radius 2 is 2.00 bits per heavy atom. The molecule has 5 heteroatoms. The average Bonchev–Trinajstić information content (AvgIpc) is 2.30. The van der Waals surface area contributed by atoms with Crippen LogP contribution in [0.5, 0.6) is 5.75 Å². The van der Waals surface area contributed by atoms with Crippen molar-refractivity contribution < 1.29 is 9.90 Å². The van der Waals surface area contributed by atoms with Gasteiger partial charge in [-0.3, -0.25) is 4.79 Å². The monoisotopic (exact) mass is 229 g/mol. The third-order valence-electron chi connectivity index (χ3n) is 2.27. The molecule has 0 aliphatic rings. The van der Waals surface area contributed by atoms with Crippen molar-refractivity contribution >= 4 is 11.6 Å². The van der Waals surface area contributed by atoms with Crippen LogP contribution in [0, 0.1) is 6.92 Å². The molecule has 0 radical (unpaired) electrons. The third kappa shape index (κ3) is 2.57. The van der Waals surface area contributed by atoms with Crippen LogP contribution in [0.25, 0.3) is 0 Å². The van der Waals surface area contributed by atoms with E-state index >= 15 is 0 Å². The molecular formula is C12H11N3O2. The number of rotatable bonds is 2. The number of carbonyl (C=O) groups is 1. The summed E-state index contributed by atoms with van der Waals surface area (Å²) in [6.07, 6.45) is 4.42. The number of aromatic nitrogens is 2. The quantitative estimate of drug-likeness (QED) is 0.822. The zero-order valence-corrected chi connectivity index (χ0v) is 9.21. The number of aryl methyl sites for hydroxylation is 1. The van der Waals surface area contributed by atoms with E-state index in [0.717, 1.165) is 0 Å². The maximum atomic E-state index is 11.9. The van der Waals surface area contributed by atoms with Gasteiger partial charge in [0.05, 0.1) is 18.1 Å². The molecule has 2 aromatic rings. The van der Waals surface area contributed by atoms with Gasteiger partial charge in [0, 0.05) is 5.56 Å². The van der Waals surface area contributed by atoms with Gasteiger partial charge in [0.1, 0.15) is 12.1 Å². The van der Waals surface area contributed by atoms with Crippen LogP contribution in [-0.2, 0) is 0 Å². The number of nitrogens with one attached hydrogen (secondary N) is 1. The second kappa shape index (κ2) is 4.61. The number of anilines is 1. The summed E-state index contributed by atoms with van der Waals surface area (Å²) in [5, 5.41) is 11.9. The molecule has 17 heavy (non-hydrogen) atoms. The maximum absolute atomic E-state index is 11.9. The Morgan fingerprint density at radius 1 is 1.29 bits per heavy atom. The predicted molar refractivity (Wildman–Crippen MR) is 62.8 cm³/mol. The van der Waals surface area contributed by atoms with Crippen LogP contribution in [-0.4, -0.2) is 21.0 Å². The molecule has 0 bridgehead atoms. The molecule has 86 valence electrons. The van der Waals surface area contributed by atoms with E-state index in [0.29, 0.717) is 16.8 Å². The van der Waals surface area contributed by atoms with Crippen molar-refractivity contribution in [2.45, 2.75) is 6.92 Å². The minimum atomic E-state index is -0.252. The lowest BCUT2D eigenvalue weighted by molar-refractivity contribution is 0.102. The van der Waals surface area contributed by atoms with Gasteiger partial charge in [-0.2, -0.15) is 0 Å². The van der Waals surface area contributed by atoms with Gasteiger partial charge < -0.3 is 10.4 Å². The summed E-state index contributed by atoms with van der Waals surface area (Å²) in [4.78, 5) is 19.5. The van der Waals surface area contributed by atoms with Gasteiger partial charge in [0.2, 0.25) is 0 Å². The number of hydrogen-bond donors (Lipinski definition) is 2. The van der Waals surface area contributed by atoms with Gasteiger partial charge in [-0.25, -0.2) is 9.97 Å². The number of aromatic hydroxyl groups is 1. The second-order valence-electron chi connectivity index (χ2n) is 3.58. The maximum Gasteiger partial charge on any atom is 0.256 e. The summed E-state index contributed by atoms with van der Waals surface area (Å²) >= 11 is 0. The minimum absolute atomic E-state index is 0.141. The summed E-state index contributed by atoms with van der Waals surface area (Å²) in [6.45, 7) is 1.76. The molecule has 2 N–H and O–H groups in total. The highest BCUT2D eigenvalue weighted by molar-refractivity contribution is 6.05. The van der Waals surface area contributed by atoms with Crippen molar-refractivity contribution in [1.82, 2.24) is 9.97 Å². The minimum Gasteiger partial charge on any atom is -0.508 e. The first-order chi connectivity index (χ1) is 8.16. The second-order valence-corrected chi connectivity index (χ2v) is 3.58. The van der Waals surface area contributed by atoms with Crippen molar-refractivity contribution in [2.24, 2.45) is 0 Å². The summed E-state index contributed by atoms with van der Waals surface area (Å²) in [5.41, 5.74) is 1.75. The van der Waals surface area contributed by atoms with Crippen molar-refractivity contribution in [1.29, 1.82) is 0 Å². The fourth-order valence-corrected chi connectivity index (χ4v) is 1.46. The third-order valence-corrected chi connectivity index (χ3v) is 2.27. The van der Waals surface area contributed by atoms with Crippen LogP contribution in [0.4, 0.5) is 5.69 Å². The molecule has 1 amide bonds. The zero-order chi connectivity index (χ0) is 12.3. The van der Waals surface area contributed by atoms with E-state index < -0.39 is 0 Å². The summed E-state index contributed by atoms with van der Waals surface area (Å²) in [5.74, 6) is -0.112. The van der Waals surface area contributed by atoms with Gasteiger partial charge in [0.25, 0.3) is 5.91 Å². The fourth-order valence-electron chi connectivity index (χ4n) is 1.46.